The fourth-order valence-corrected chi connectivity index (χ4v) is 3.33. The zero-order valence-corrected chi connectivity index (χ0v) is 15.9. The number of aryl methyl sites for hydroxylation is 1. The molecule has 1 fully saturated rings. The number of piperidine rings is 1. The average Bonchev–Trinajstić information content (AvgIpc) is 3.11. The van der Waals surface area contributed by atoms with E-state index < -0.39 is 0 Å². The van der Waals surface area contributed by atoms with Crippen molar-refractivity contribution in [2.75, 3.05) is 36.4 Å². The number of nitrogens with one attached hydrogen (secondary N) is 1. The van der Waals surface area contributed by atoms with E-state index in [2.05, 4.69) is 15.4 Å². The largest absolute Gasteiger partial charge is 0.362 e. The number of anilines is 2. The van der Waals surface area contributed by atoms with Crippen molar-refractivity contribution < 1.29 is 14.1 Å². The van der Waals surface area contributed by atoms with Crippen LogP contribution >= 0.6 is 0 Å². The van der Waals surface area contributed by atoms with Crippen LogP contribution in [-0.2, 0) is 9.59 Å². The van der Waals surface area contributed by atoms with Gasteiger partial charge in [-0.2, -0.15) is 0 Å². The third-order valence-electron chi connectivity index (χ3n) is 4.93. The molecule has 3 rings (SSSR count). The van der Waals surface area contributed by atoms with E-state index in [4.69, 9.17) is 4.52 Å². The second-order valence-corrected chi connectivity index (χ2v) is 6.82. The molecule has 0 radical (unpaired) electrons. The maximum absolute atomic E-state index is 12.7. The lowest BCUT2D eigenvalue weighted by molar-refractivity contribution is -0.133. The third kappa shape index (κ3) is 4.87. The van der Waals surface area contributed by atoms with Gasteiger partial charge in [-0.1, -0.05) is 23.4 Å². The normalized spacial score (nSPS) is 14.8. The Balaban J connectivity index is 1.49. The number of carbonyl (C=O) groups excluding carboxylic acids is 2. The summed E-state index contributed by atoms with van der Waals surface area (Å²) in [5, 5.41) is 6.57. The second-order valence-electron chi connectivity index (χ2n) is 6.82. The van der Waals surface area contributed by atoms with Crippen LogP contribution in [-0.4, -0.2) is 48.0 Å². The maximum Gasteiger partial charge on any atom is 0.242 e. The number of rotatable bonds is 6. The van der Waals surface area contributed by atoms with Crippen molar-refractivity contribution in [3.63, 3.8) is 0 Å². The lowest BCUT2D eigenvalue weighted by atomic mass is 9.96. The number of hydrogen-bond acceptors (Lipinski definition) is 5. The van der Waals surface area contributed by atoms with E-state index in [1.54, 1.807) is 13.0 Å². The molecule has 27 heavy (non-hydrogen) atoms. The Morgan fingerprint density at radius 1 is 1.26 bits per heavy atom. The molecule has 0 unspecified atom stereocenters. The zero-order chi connectivity index (χ0) is 19.2. The van der Waals surface area contributed by atoms with Crippen molar-refractivity contribution in [3.05, 3.63) is 42.2 Å². The molecule has 1 aromatic carbocycles. The Morgan fingerprint density at radius 3 is 2.56 bits per heavy atom. The molecular weight excluding hydrogens is 344 g/mol. The Kier molecular flexibility index (Phi) is 6.11. The molecule has 1 aliphatic heterocycles. The monoisotopic (exact) mass is 370 g/mol. The van der Waals surface area contributed by atoms with Crippen molar-refractivity contribution in [2.45, 2.75) is 26.7 Å². The van der Waals surface area contributed by atoms with Crippen LogP contribution in [0.3, 0.4) is 0 Å². The molecule has 7 nitrogen and oxygen atoms in total. The Hall–Kier alpha value is -2.83. The Labute approximate surface area is 159 Å². The van der Waals surface area contributed by atoms with Gasteiger partial charge >= 0.3 is 0 Å². The summed E-state index contributed by atoms with van der Waals surface area (Å²) >= 11 is 0. The quantitative estimate of drug-likeness (QED) is 0.846. The number of likely N-dealkylation sites (N-methyl/N-ethyl adjacent to an activating group) is 1. The standard InChI is InChI=1S/C20H26N4O3/c1-3-23(17-7-5-4-6-8-17)14-19(25)24-11-9-16(10-12-24)20(26)21-18-13-15(2)27-22-18/h4-8,13,16H,3,9-12,14H2,1-2H3,(H,21,22,26). The number of para-hydroxylation sites is 1. The summed E-state index contributed by atoms with van der Waals surface area (Å²) in [5.74, 6) is 1.03. The maximum atomic E-state index is 12.7. The molecule has 2 aromatic rings. The number of aromatic nitrogens is 1. The van der Waals surface area contributed by atoms with Gasteiger partial charge in [0.2, 0.25) is 11.8 Å². The van der Waals surface area contributed by atoms with Gasteiger partial charge in [0.05, 0.1) is 6.54 Å². The van der Waals surface area contributed by atoms with Crippen molar-refractivity contribution >= 4 is 23.3 Å². The first kappa shape index (κ1) is 18.9. The molecule has 0 atom stereocenters. The van der Waals surface area contributed by atoms with E-state index in [1.165, 1.54) is 0 Å². The molecule has 0 aliphatic carbocycles. The van der Waals surface area contributed by atoms with Crippen LogP contribution < -0.4 is 10.2 Å². The van der Waals surface area contributed by atoms with Crippen LogP contribution in [0.2, 0.25) is 0 Å². The van der Waals surface area contributed by atoms with Gasteiger partial charge in [0.15, 0.2) is 5.82 Å². The number of likely N-dealkylation sites (tertiary alicyclic amines) is 1. The Morgan fingerprint density at radius 2 is 1.96 bits per heavy atom. The van der Waals surface area contributed by atoms with Gasteiger partial charge < -0.3 is 19.6 Å². The van der Waals surface area contributed by atoms with E-state index >= 15 is 0 Å². The lowest BCUT2D eigenvalue weighted by Gasteiger charge is -2.33. The number of benzene rings is 1. The molecule has 1 aliphatic rings. The molecule has 144 valence electrons. The highest BCUT2D eigenvalue weighted by molar-refractivity contribution is 5.92. The van der Waals surface area contributed by atoms with Gasteiger partial charge in [0, 0.05) is 37.3 Å². The summed E-state index contributed by atoms with van der Waals surface area (Å²) in [6.45, 7) is 6.15. The van der Waals surface area contributed by atoms with Gasteiger partial charge in [0.1, 0.15) is 5.76 Å². The van der Waals surface area contributed by atoms with E-state index in [-0.39, 0.29) is 17.7 Å². The van der Waals surface area contributed by atoms with Crippen molar-refractivity contribution in [1.29, 1.82) is 0 Å². The minimum Gasteiger partial charge on any atom is -0.362 e. The Bertz CT molecular complexity index is 767. The van der Waals surface area contributed by atoms with E-state index in [1.807, 2.05) is 42.2 Å². The number of amides is 2. The average molecular weight is 370 g/mol. The van der Waals surface area contributed by atoms with Crippen LogP contribution in [0.4, 0.5) is 11.5 Å². The summed E-state index contributed by atoms with van der Waals surface area (Å²) in [6, 6.07) is 11.6. The molecule has 0 spiro atoms. The summed E-state index contributed by atoms with van der Waals surface area (Å²) in [7, 11) is 0. The summed E-state index contributed by atoms with van der Waals surface area (Å²) in [4.78, 5) is 29.0. The van der Waals surface area contributed by atoms with Crippen LogP contribution in [0, 0.1) is 12.8 Å². The molecule has 2 amide bonds. The minimum absolute atomic E-state index is 0.0603. The topological polar surface area (TPSA) is 78.7 Å². The summed E-state index contributed by atoms with van der Waals surface area (Å²) < 4.78 is 4.96. The van der Waals surface area contributed by atoms with E-state index in [0.29, 0.717) is 44.1 Å². The fraction of sp³-hybridized carbons (Fsp3) is 0.450. The number of carbonyl (C=O) groups is 2. The SMILES string of the molecule is CCN(CC(=O)N1CCC(C(=O)Nc2cc(C)on2)CC1)c1ccccc1. The van der Waals surface area contributed by atoms with Gasteiger partial charge in [-0.3, -0.25) is 9.59 Å². The van der Waals surface area contributed by atoms with Crippen molar-refractivity contribution in [2.24, 2.45) is 5.92 Å². The fourth-order valence-electron chi connectivity index (χ4n) is 3.33. The van der Waals surface area contributed by atoms with E-state index in [9.17, 15) is 9.59 Å². The predicted molar refractivity (Wildman–Crippen MR) is 104 cm³/mol. The first-order valence-corrected chi connectivity index (χ1v) is 9.38. The number of nitrogens with zero attached hydrogens (tertiary/aromatic N) is 3. The van der Waals surface area contributed by atoms with Crippen molar-refractivity contribution in [1.82, 2.24) is 10.1 Å². The van der Waals surface area contributed by atoms with Crippen LogP contribution in [0.25, 0.3) is 0 Å². The molecular formula is C20H26N4O3. The first-order chi connectivity index (χ1) is 13.1. The first-order valence-electron chi connectivity index (χ1n) is 9.38. The summed E-state index contributed by atoms with van der Waals surface area (Å²) in [6.07, 6.45) is 1.32. The van der Waals surface area contributed by atoms with Gasteiger partial charge in [-0.15, -0.1) is 0 Å². The molecule has 7 heteroatoms. The second kappa shape index (κ2) is 8.70. The predicted octanol–water partition coefficient (Wildman–Crippen LogP) is 2.69. The zero-order valence-electron chi connectivity index (χ0n) is 15.9. The van der Waals surface area contributed by atoms with Crippen molar-refractivity contribution in [3.8, 4) is 0 Å². The van der Waals surface area contributed by atoms with Crippen LogP contribution in [0.5, 0.6) is 0 Å². The van der Waals surface area contributed by atoms with Crippen LogP contribution in [0.1, 0.15) is 25.5 Å². The minimum atomic E-state index is -0.109. The molecule has 0 saturated carbocycles. The molecule has 1 aromatic heterocycles. The molecule has 1 N–H and O–H groups in total. The highest BCUT2D eigenvalue weighted by Crippen LogP contribution is 2.20. The molecule has 0 bridgehead atoms. The lowest BCUT2D eigenvalue weighted by Crippen LogP contribution is -2.45. The third-order valence-corrected chi connectivity index (χ3v) is 4.93. The number of hydrogen-bond donors (Lipinski definition) is 1. The smallest absolute Gasteiger partial charge is 0.242 e. The van der Waals surface area contributed by atoms with Gasteiger partial charge in [0.25, 0.3) is 0 Å². The molecule has 2 heterocycles. The summed E-state index contributed by atoms with van der Waals surface area (Å²) in [5.41, 5.74) is 1.05. The highest BCUT2D eigenvalue weighted by Gasteiger charge is 2.28. The van der Waals surface area contributed by atoms with Crippen LogP contribution in [0.15, 0.2) is 40.9 Å². The van der Waals surface area contributed by atoms with E-state index in [0.717, 1.165) is 12.2 Å². The highest BCUT2D eigenvalue weighted by atomic mass is 16.5. The van der Waals surface area contributed by atoms with Gasteiger partial charge in [-0.25, -0.2) is 0 Å². The molecule has 1 saturated heterocycles. The van der Waals surface area contributed by atoms with Gasteiger partial charge in [-0.05, 0) is 38.8 Å².